The highest BCUT2D eigenvalue weighted by Gasteiger charge is 2.37. The fourth-order valence-corrected chi connectivity index (χ4v) is 4.25. The number of fused-ring (bicyclic) bond motifs is 1. The summed E-state index contributed by atoms with van der Waals surface area (Å²) in [6, 6.07) is 7.12. The van der Waals surface area contributed by atoms with Gasteiger partial charge in [0, 0.05) is 29.9 Å². The van der Waals surface area contributed by atoms with Gasteiger partial charge in [-0.3, -0.25) is 4.79 Å². The normalized spacial score (nSPS) is 18.3. The number of piperazine rings is 1. The van der Waals surface area contributed by atoms with Gasteiger partial charge in [-0.15, -0.1) is 0 Å². The maximum atomic E-state index is 12.8. The minimum Gasteiger partial charge on any atom is -0.489 e. The summed E-state index contributed by atoms with van der Waals surface area (Å²) in [6.07, 6.45) is 5.33. The van der Waals surface area contributed by atoms with Crippen molar-refractivity contribution in [3.8, 4) is 5.75 Å². The van der Waals surface area contributed by atoms with Crippen LogP contribution in [-0.4, -0.2) is 47.1 Å². The molecule has 8 heteroatoms. The highest BCUT2D eigenvalue weighted by atomic mass is 35.5. The smallest absolute Gasteiger partial charge is 0.246 e. The first kappa shape index (κ1) is 20.7. The molecule has 1 amide bonds. The van der Waals surface area contributed by atoms with E-state index < -0.39 is 0 Å². The maximum Gasteiger partial charge on any atom is 0.246 e. The Morgan fingerprint density at radius 3 is 2.80 bits per heavy atom. The molecule has 1 N–H and O–H groups in total. The van der Waals surface area contributed by atoms with E-state index in [9.17, 15) is 9.90 Å². The monoisotopic (exact) mass is 445 g/mol. The van der Waals surface area contributed by atoms with E-state index in [1.54, 1.807) is 35.4 Å². The first-order valence-corrected chi connectivity index (χ1v) is 10.3. The van der Waals surface area contributed by atoms with Crippen molar-refractivity contribution < 1.29 is 14.6 Å². The topological polar surface area (TPSA) is 65.9 Å². The maximum absolute atomic E-state index is 12.8. The molecule has 30 heavy (non-hydrogen) atoms. The molecule has 0 spiro atoms. The lowest BCUT2D eigenvalue weighted by atomic mass is 9.98. The second-order valence-corrected chi connectivity index (χ2v) is 7.97. The van der Waals surface area contributed by atoms with E-state index in [0.29, 0.717) is 41.3 Å². The fraction of sp³-hybridized carbons (Fsp3) is 0.273. The van der Waals surface area contributed by atoms with Crippen LogP contribution in [0.3, 0.4) is 0 Å². The third-order valence-electron chi connectivity index (χ3n) is 5.24. The Kier molecular flexibility index (Phi) is 5.99. The van der Waals surface area contributed by atoms with Gasteiger partial charge in [0.25, 0.3) is 0 Å². The molecule has 0 bridgehead atoms. The number of rotatable bonds is 6. The SMILES string of the molecule is C=CCOc1ccc(Cl)c(Cl)c1[C@H]1C=C2CN(c3ccc(CO)cn3)CC(=O)N2C1. The summed E-state index contributed by atoms with van der Waals surface area (Å²) in [6.45, 7) is 5.24. The van der Waals surface area contributed by atoms with Crippen LogP contribution in [0.15, 0.2) is 54.9 Å². The Labute approximate surface area is 185 Å². The average molecular weight is 446 g/mol. The molecule has 2 aromatic rings. The molecule has 3 heterocycles. The van der Waals surface area contributed by atoms with Gasteiger partial charge in [0.15, 0.2) is 0 Å². The molecule has 0 saturated carbocycles. The van der Waals surface area contributed by atoms with Gasteiger partial charge in [0.2, 0.25) is 5.91 Å². The van der Waals surface area contributed by atoms with E-state index in [-0.39, 0.29) is 25.0 Å². The molecule has 1 saturated heterocycles. The molecule has 2 aliphatic rings. The summed E-state index contributed by atoms with van der Waals surface area (Å²) in [5, 5.41) is 10.1. The van der Waals surface area contributed by atoms with Crippen molar-refractivity contribution in [2.75, 3.05) is 31.1 Å². The lowest BCUT2D eigenvalue weighted by Crippen LogP contribution is -2.47. The first-order chi connectivity index (χ1) is 14.5. The number of anilines is 1. The van der Waals surface area contributed by atoms with Gasteiger partial charge in [0.05, 0.1) is 29.7 Å². The number of hydrogen-bond acceptors (Lipinski definition) is 5. The number of amides is 1. The number of benzene rings is 1. The molecule has 0 radical (unpaired) electrons. The quantitative estimate of drug-likeness (QED) is 0.685. The molecule has 2 aliphatic heterocycles. The highest BCUT2D eigenvalue weighted by Crippen LogP contribution is 2.42. The molecule has 1 aromatic carbocycles. The second kappa shape index (κ2) is 8.68. The van der Waals surface area contributed by atoms with Crippen LogP contribution in [0.4, 0.5) is 5.82 Å². The summed E-state index contributed by atoms with van der Waals surface area (Å²) in [7, 11) is 0. The van der Waals surface area contributed by atoms with E-state index >= 15 is 0 Å². The number of aliphatic hydroxyl groups is 1. The minimum absolute atomic E-state index is 0.00487. The molecule has 4 rings (SSSR count). The number of aromatic nitrogens is 1. The molecular formula is C22H21Cl2N3O3. The van der Waals surface area contributed by atoms with Crippen LogP contribution in [0.5, 0.6) is 5.75 Å². The average Bonchev–Trinajstić information content (AvgIpc) is 3.19. The zero-order chi connectivity index (χ0) is 21.3. The number of pyridine rings is 1. The number of hydrogen-bond donors (Lipinski definition) is 1. The lowest BCUT2D eigenvalue weighted by molar-refractivity contribution is -0.128. The molecule has 1 aromatic heterocycles. The van der Waals surface area contributed by atoms with Gasteiger partial charge in [-0.25, -0.2) is 4.98 Å². The largest absolute Gasteiger partial charge is 0.489 e. The van der Waals surface area contributed by atoms with Crippen LogP contribution in [0.25, 0.3) is 0 Å². The van der Waals surface area contributed by atoms with E-state index in [2.05, 4.69) is 11.6 Å². The van der Waals surface area contributed by atoms with Crippen LogP contribution in [0.2, 0.25) is 10.0 Å². The van der Waals surface area contributed by atoms with Gasteiger partial charge in [-0.2, -0.15) is 0 Å². The Bertz CT molecular complexity index is 1010. The van der Waals surface area contributed by atoms with Crippen molar-refractivity contribution in [2.24, 2.45) is 0 Å². The summed E-state index contributed by atoms with van der Waals surface area (Å²) < 4.78 is 5.79. The van der Waals surface area contributed by atoms with Gasteiger partial charge in [0.1, 0.15) is 18.2 Å². The Morgan fingerprint density at radius 2 is 2.10 bits per heavy atom. The minimum atomic E-state index is -0.125. The third-order valence-corrected chi connectivity index (χ3v) is 6.05. The summed E-state index contributed by atoms with van der Waals surface area (Å²) in [5.41, 5.74) is 2.40. The number of carbonyl (C=O) groups excluding carboxylic acids is 1. The second-order valence-electron chi connectivity index (χ2n) is 7.18. The zero-order valence-electron chi connectivity index (χ0n) is 16.2. The van der Waals surface area contributed by atoms with Crippen molar-refractivity contribution >= 4 is 34.9 Å². The van der Waals surface area contributed by atoms with Crippen molar-refractivity contribution in [1.29, 1.82) is 0 Å². The van der Waals surface area contributed by atoms with Crippen LogP contribution in [0.1, 0.15) is 17.0 Å². The predicted molar refractivity (Wildman–Crippen MR) is 117 cm³/mol. The summed E-state index contributed by atoms with van der Waals surface area (Å²) >= 11 is 12.8. The number of nitrogens with zero attached hydrogens (tertiary/aromatic N) is 3. The van der Waals surface area contributed by atoms with Gasteiger partial charge < -0.3 is 19.6 Å². The molecule has 6 nitrogen and oxygen atoms in total. The Morgan fingerprint density at radius 1 is 1.27 bits per heavy atom. The third kappa shape index (κ3) is 3.90. The lowest BCUT2D eigenvalue weighted by Gasteiger charge is -2.34. The standard InChI is InChI=1S/C22H21Cl2N3O3/c1-2-7-30-18-5-4-17(23)22(24)21(18)15-8-16-11-26(12-20(29)27(16)10-15)19-6-3-14(13-28)9-25-19/h2-6,8-9,15,28H,1,7,10-13H2/t15-/m0/s1. The Balaban J connectivity index is 1.63. The molecule has 0 unspecified atom stereocenters. The van der Waals surface area contributed by atoms with E-state index in [1.165, 1.54) is 0 Å². The van der Waals surface area contributed by atoms with Gasteiger partial charge >= 0.3 is 0 Å². The van der Waals surface area contributed by atoms with E-state index in [4.69, 9.17) is 27.9 Å². The van der Waals surface area contributed by atoms with Crippen LogP contribution >= 0.6 is 23.2 Å². The predicted octanol–water partition coefficient (Wildman–Crippen LogP) is 3.78. The molecule has 156 valence electrons. The molecule has 1 fully saturated rings. The van der Waals surface area contributed by atoms with Crippen molar-refractivity contribution in [1.82, 2.24) is 9.88 Å². The fourth-order valence-electron chi connectivity index (χ4n) is 3.79. The number of ether oxygens (including phenoxy) is 1. The van der Waals surface area contributed by atoms with Crippen molar-refractivity contribution in [3.63, 3.8) is 0 Å². The number of halogens is 2. The van der Waals surface area contributed by atoms with Gasteiger partial charge in [-0.05, 0) is 23.8 Å². The highest BCUT2D eigenvalue weighted by molar-refractivity contribution is 6.42. The first-order valence-electron chi connectivity index (χ1n) is 9.55. The van der Waals surface area contributed by atoms with E-state index in [0.717, 1.165) is 16.8 Å². The molecule has 0 aliphatic carbocycles. The number of aliphatic hydroxyl groups excluding tert-OH is 1. The van der Waals surface area contributed by atoms with Crippen molar-refractivity contribution in [3.05, 3.63) is 76.1 Å². The van der Waals surface area contributed by atoms with Crippen LogP contribution in [0, 0.1) is 0 Å². The van der Waals surface area contributed by atoms with Crippen molar-refractivity contribution in [2.45, 2.75) is 12.5 Å². The summed E-state index contributed by atoms with van der Waals surface area (Å²) in [5.74, 6) is 1.20. The van der Waals surface area contributed by atoms with E-state index in [1.807, 2.05) is 17.0 Å². The number of carbonyl (C=O) groups is 1. The van der Waals surface area contributed by atoms with Crippen LogP contribution < -0.4 is 9.64 Å². The molecule has 1 atom stereocenters. The summed E-state index contributed by atoms with van der Waals surface area (Å²) in [4.78, 5) is 20.9. The van der Waals surface area contributed by atoms with Crippen LogP contribution in [-0.2, 0) is 11.4 Å². The molecular weight excluding hydrogens is 425 g/mol. The van der Waals surface area contributed by atoms with Gasteiger partial charge in [-0.1, -0.05) is 48.0 Å². The Hall–Kier alpha value is -2.54. The zero-order valence-corrected chi connectivity index (χ0v) is 17.7.